The second-order valence-corrected chi connectivity index (χ2v) is 5.48. The highest BCUT2D eigenvalue weighted by Gasteiger charge is 2.28. The first kappa shape index (κ1) is 11.1. The molecule has 0 radical (unpaired) electrons. The maximum Gasteiger partial charge on any atom is 0.122 e. The van der Waals surface area contributed by atoms with Crippen molar-refractivity contribution in [3.63, 3.8) is 0 Å². The number of hydrogen-bond acceptors (Lipinski definition) is 2. The van der Waals surface area contributed by atoms with Crippen molar-refractivity contribution < 1.29 is 4.74 Å². The monoisotopic (exact) mass is 231 g/mol. The van der Waals surface area contributed by atoms with Gasteiger partial charge >= 0.3 is 0 Å². The minimum absolute atomic E-state index is 0.441. The normalized spacial score (nSPS) is 21.8. The molecule has 1 aromatic rings. The zero-order valence-electron chi connectivity index (χ0n) is 10.7. The van der Waals surface area contributed by atoms with Crippen LogP contribution in [0.1, 0.15) is 43.9 Å². The third-order valence-electron chi connectivity index (χ3n) is 4.06. The average molecular weight is 231 g/mol. The number of fused-ring (bicyclic) bond motifs is 1. The molecule has 1 aliphatic carbocycles. The first-order chi connectivity index (χ1) is 8.24. The zero-order chi connectivity index (χ0) is 11.8. The first-order valence-electron chi connectivity index (χ1n) is 6.75. The molecule has 2 atom stereocenters. The van der Waals surface area contributed by atoms with Gasteiger partial charge in [0.1, 0.15) is 5.75 Å². The van der Waals surface area contributed by atoms with Gasteiger partial charge in [-0.05, 0) is 49.8 Å². The summed E-state index contributed by atoms with van der Waals surface area (Å²) >= 11 is 0. The van der Waals surface area contributed by atoms with Gasteiger partial charge in [0, 0.05) is 18.5 Å². The molecule has 0 bridgehead atoms. The molecular weight excluding hydrogens is 210 g/mol. The van der Waals surface area contributed by atoms with Gasteiger partial charge in [-0.3, -0.25) is 0 Å². The van der Waals surface area contributed by atoms with Crippen molar-refractivity contribution in [1.82, 2.24) is 5.32 Å². The summed E-state index contributed by atoms with van der Waals surface area (Å²) in [6.07, 6.45) is 3.87. The van der Waals surface area contributed by atoms with E-state index in [9.17, 15) is 0 Å². The Morgan fingerprint density at radius 2 is 2.12 bits per heavy atom. The molecule has 2 unspecified atom stereocenters. The van der Waals surface area contributed by atoms with Gasteiger partial charge in [0.15, 0.2) is 0 Å². The van der Waals surface area contributed by atoms with E-state index in [2.05, 4.69) is 37.4 Å². The highest BCUT2D eigenvalue weighted by atomic mass is 16.5. The third-order valence-corrected chi connectivity index (χ3v) is 4.06. The molecule has 1 fully saturated rings. The predicted octanol–water partition coefficient (Wildman–Crippen LogP) is 3.07. The van der Waals surface area contributed by atoms with Crippen LogP contribution in [0.2, 0.25) is 0 Å². The van der Waals surface area contributed by atoms with Crippen LogP contribution in [0, 0.1) is 5.92 Å². The number of ether oxygens (including phenoxy) is 1. The molecule has 0 aromatic heterocycles. The van der Waals surface area contributed by atoms with E-state index in [0.29, 0.717) is 12.1 Å². The largest absolute Gasteiger partial charge is 0.493 e. The Kier molecular flexibility index (Phi) is 2.83. The fourth-order valence-electron chi connectivity index (χ4n) is 2.70. The SMILES string of the molecule is CC(NC(C)C1CC1)c1ccc2c(c1)CCO2. The van der Waals surface area contributed by atoms with Crippen molar-refractivity contribution in [3.05, 3.63) is 29.3 Å². The van der Waals surface area contributed by atoms with E-state index >= 15 is 0 Å². The summed E-state index contributed by atoms with van der Waals surface area (Å²) in [6, 6.07) is 7.71. The van der Waals surface area contributed by atoms with Gasteiger partial charge in [0.05, 0.1) is 6.61 Å². The maximum atomic E-state index is 5.54. The Balaban J connectivity index is 1.70. The molecule has 1 aliphatic heterocycles. The summed E-state index contributed by atoms with van der Waals surface area (Å²) in [7, 11) is 0. The lowest BCUT2D eigenvalue weighted by Crippen LogP contribution is -2.30. The van der Waals surface area contributed by atoms with Gasteiger partial charge in [0.2, 0.25) is 0 Å². The lowest BCUT2D eigenvalue weighted by molar-refractivity contribution is 0.356. The van der Waals surface area contributed by atoms with E-state index < -0.39 is 0 Å². The molecule has 1 saturated carbocycles. The van der Waals surface area contributed by atoms with E-state index in [1.807, 2.05) is 0 Å². The Morgan fingerprint density at radius 1 is 1.29 bits per heavy atom. The van der Waals surface area contributed by atoms with E-state index in [1.54, 1.807) is 0 Å². The van der Waals surface area contributed by atoms with Crippen molar-refractivity contribution in [3.8, 4) is 5.75 Å². The molecule has 3 rings (SSSR count). The van der Waals surface area contributed by atoms with Crippen molar-refractivity contribution in [1.29, 1.82) is 0 Å². The van der Waals surface area contributed by atoms with Crippen molar-refractivity contribution in [2.75, 3.05) is 6.61 Å². The van der Waals surface area contributed by atoms with E-state index in [1.165, 1.54) is 24.0 Å². The summed E-state index contributed by atoms with van der Waals surface area (Å²) in [6.45, 7) is 5.42. The van der Waals surface area contributed by atoms with Crippen molar-refractivity contribution in [2.24, 2.45) is 5.92 Å². The van der Waals surface area contributed by atoms with Gasteiger partial charge in [-0.2, -0.15) is 0 Å². The fourth-order valence-corrected chi connectivity index (χ4v) is 2.70. The lowest BCUT2D eigenvalue weighted by atomic mass is 10.0. The summed E-state index contributed by atoms with van der Waals surface area (Å²) in [5.41, 5.74) is 2.76. The van der Waals surface area contributed by atoms with Gasteiger partial charge in [-0.1, -0.05) is 12.1 Å². The topological polar surface area (TPSA) is 21.3 Å². The highest BCUT2D eigenvalue weighted by Crippen LogP contribution is 2.34. The molecule has 1 heterocycles. The summed E-state index contributed by atoms with van der Waals surface area (Å²) in [5.74, 6) is 1.99. The number of rotatable bonds is 4. The quantitative estimate of drug-likeness (QED) is 0.860. The molecule has 2 nitrogen and oxygen atoms in total. The molecule has 1 aromatic carbocycles. The number of hydrogen-bond donors (Lipinski definition) is 1. The Bertz CT molecular complexity index is 411. The maximum absolute atomic E-state index is 5.54. The third kappa shape index (κ3) is 2.32. The Hall–Kier alpha value is -1.02. The van der Waals surface area contributed by atoms with Crippen LogP contribution in [-0.4, -0.2) is 12.6 Å². The predicted molar refractivity (Wildman–Crippen MR) is 69.4 cm³/mol. The van der Waals surface area contributed by atoms with E-state index in [-0.39, 0.29) is 0 Å². The van der Waals surface area contributed by atoms with Crippen LogP contribution in [0.15, 0.2) is 18.2 Å². The first-order valence-corrected chi connectivity index (χ1v) is 6.75. The van der Waals surface area contributed by atoms with E-state index in [4.69, 9.17) is 4.74 Å². The standard InChI is InChI=1S/C15H21NO/c1-10(12-3-4-12)16-11(2)13-5-6-15-14(9-13)7-8-17-15/h5-6,9-12,16H,3-4,7-8H2,1-2H3. The molecule has 0 amide bonds. The summed E-state index contributed by atoms with van der Waals surface area (Å²) in [4.78, 5) is 0. The van der Waals surface area contributed by atoms with Gasteiger partial charge < -0.3 is 10.1 Å². The molecule has 2 heteroatoms. The minimum atomic E-state index is 0.441. The van der Waals surface area contributed by atoms with Crippen LogP contribution in [0.5, 0.6) is 5.75 Å². The van der Waals surface area contributed by atoms with Crippen LogP contribution in [0.4, 0.5) is 0 Å². The molecule has 1 N–H and O–H groups in total. The van der Waals surface area contributed by atoms with Gasteiger partial charge in [-0.25, -0.2) is 0 Å². The van der Waals surface area contributed by atoms with Crippen LogP contribution < -0.4 is 10.1 Å². The second-order valence-electron chi connectivity index (χ2n) is 5.48. The van der Waals surface area contributed by atoms with Gasteiger partial charge in [0.25, 0.3) is 0 Å². The van der Waals surface area contributed by atoms with Crippen molar-refractivity contribution >= 4 is 0 Å². The van der Waals surface area contributed by atoms with Crippen LogP contribution >= 0.6 is 0 Å². The highest BCUT2D eigenvalue weighted by molar-refractivity contribution is 5.40. The smallest absolute Gasteiger partial charge is 0.122 e. The molecule has 92 valence electrons. The number of benzene rings is 1. The molecule has 2 aliphatic rings. The Labute approximate surface area is 103 Å². The Morgan fingerprint density at radius 3 is 2.88 bits per heavy atom. The second kappa shape index (κ2) is 4.34. The number of nitrogens with one attached hydrogen (secondary N) is 1. The minimum Gasteiger partial charge on any atom is -0.493 e. The van der Waals surface area contributed by atoms with Crippen molar-refractivity contribution in [2.45, 2.75) is 45.2 Å². The van der Waals surface area contributed by atoms with Gasteiger partial charge in [-0.15, -0.1) is 0 Å². The molecular formula is C15H21NO. The van der Waals surface area contributed by atoms with E-state index in [0.717, 1.165) is 24.7 Å². The zero-order valence-corrected chi connectivity index (χ0v) is 10.7. The lowest BCUT2D eigenvalue weighted by Gasteiger charge is -2.20. The van der Waals surface area contributed by atoms with Crippen LogP contribution in [0.25, 0.3) is 0 Å². The average Bonchev–Trinajstić information content (AvgIpc) is 3.07. The molecule has 17 heavy (non-hydrogen) atoms. The fraction of sp³-hybridized carbons (Fsp3) is 0.600. The van der Waals surface area contributed by atoms with Crippen LogP contribution in [0.3, 0.4) is 0 Å². The molecule has 0 saturated heterocycles. The summed E-state index contributed by atoms with van der Waals surface area (Å²) in [5, 5.41) is 3.71. The summed E-state index contributed by atoms with van der Waals surface area (Å²) < 4.78 is 5.54. The van der Waals surface area contributed by atoms with Crippen LogP contribution in [-0.2, 0) is 6.42 Å². The molecule has 0 spiro atoms.